The monoisotopic (exact) mass is 450 g/mol. The molecule has 0 unspecified atom stereocenters. The molecule has 0 aliphatic carbocycles. The number of anilines is 3. The first-order chi connectivity index (χ1) is 13.8. The largest absolute Gasteiger partial charge is 0.495 e. The smallest absolute Gasteiger partial charge is 0.229 e. The summed E-state index contributed by atoms with van der Waals surface area (Å²) in [6.07, 6.45) is 1.07. The minimum atomic E-state index is -3.35. The number of methoxy groups -OCH3 is 1. The second-order valence-electron chi connectivity index (χ2n) is 5.86. The number of carbonyl (C=O) groups excluding carboxylic acids is 1. The first-order valence-corrected chi connectivity index (χ1v) is 12.0. The molecule has 11 heteroatoms. The summed E-state index contributed by atoms with van der Waals surface area (Å²) >= 11 is 2.63. The van der Waals surface area contributed by atoms with Gasteiger partial charge in [0.25, 0.3) is 0 Å². The van der Waals surface area contributed by atoms with Crippen LogP contribution in [0.15, 0.2) is 52.9 Å². The molecular formula is C18H18N4O4S3. The van der Waals surface area contributed by atoms with Gasteiger partial charge in [-0.1, -0.05) is 35.2 Å². The van der Waals surface area contributed by atoms with E-state index in [2.05, 4.69) is 20.2 Å². The second kappa shape index (κ2) is 9.25. The number of aromatic nitrogens is 2. The highest BCUT2D eigenvalue weighted by Gasteiger charge is 2.12. The summed E-state index contributed by atoms with van der Waals surface area (Å²) < 4.78 is 30.8. The van der Waals surface area contributed by atoms with Crippen LogP contribution in [-0.4, -0.2) is 43.5 Å². The van der Waals surface area contributed by atoms with Gasteiger partial charge in [0, 0.05) is 11.3 Å². The fourth-order valence-electron chi connectivity index (χ4n) is 2.33. The van der Waals surface area contributed by atoms with Crippen molar-refractivity contribution >= 4 is 55.4 Å². The Labute approximate surface area is 176 Å². The van der Waals surface area contributed by atoms with E-state index in [-0.39, 0.29) is 11.5 Å². The third-order valence-corrected chi connectivity index (χ3v) is 6.17. The van der Waals surface area contributed by atoms with Crippen molar-refractivity contribution in [2.45, 2.75) is 4.34 Å². The lowest BCUT2D eigenvalue weighted by molar-refractivity contribution is 0.102. The maximum Gasteiger partial charge on any atom is 0.229 e. The SMILES string of the molecule is COc1ccccc1Nc1nnc(SCC(=O)c2ccc(NS(C)(=O)=O)cc2)s1. The average Bonchev–Trinajstić information content (AvgIpc) is 3.13. The normalized spacial score (nSPS) is 11.1. The first kappa shape index (κ1) is 21.1. The van der Waals surface area contributed by atoms with Gasteiger partial charge in [0.15, 0.2) is 10.1 Å². The number of carbonyl (C=O) groups is 1. The molecule has 0 atom stereocenters. The van der Waals surface area contributed by atoms with Crippen LogP contribution in [0.2, 0.25) is 0 Å². The van der Waals surface area contributed by atoms with E-state index in [1.54, 1.807) is 31.4 Å². The molecule has 2 aromatic carbocycles. The van der Waals surface area contributed by atoms with Crippen LogP contribution in [0, 0.1) is 0 Å². The zero-order valence-electron chi connectivity index (χ0n) is 15.6. The zero-order chi connectivity index (χ0) is 20.9. The number of hydrogen-bond donors (Lipinski definition) is 2. The van der Waals surface area contributed by atoms with Gasteiger partial charge in [0.1, 0.15) is 5.75 Å². The van der Waals surface area contributed by atoms with Crippen molar-refractivity contribution in [1.82, 2.24) is 10.2 Å². The Hall–Kier alpha value is -2.63. The molecule has 0 radical (unpaired) electrons. The molecule has 1 aromatic heterocycles. The molecule has 3 aromatic rings. The van der Waals surface area contributed by atoms with Crippen LogP contribution < -0.4 is 14.8 Å². The van der Waals surface area contributed by atoms with Crippen molar-refractivity contribution in [3.8, 4) is 5.75 Å². The van der Waals surface area contributed by atoms with Crippen molar-refractivity contribution < 1.29 is 17.9 Å². The molecule has 0 spiro atoms. The predicted molar refractivity (Wildman–Crippen MR) is 116 cm³/mol. The number of sulfonamides is 1. The summed E-state index contributed by atoms with van der Waals surface area (Å²) in [4.78, 5) is 12.4. The molecule has 152 valence electrons. The molecule has 0 saturated carbocycles. The topological polar surface area (TPSA) is 110 Å². The van der Waals surface area contributed by atoms with Crippen LogP contribution in [0.25, 0.3) is 0 Å². The highest BCUT2D eigenvalue weighted by molar-refractivity contribution is 8.01. The molecule has 0 fully saturated rings. The Bertz CT molecular complexity index is 1100. The lowest BCUT2D eigenvalue weighted by Crippen LogP contribution is -2.10. The third-order valence-electron chi connectivity index (χ3n) is 3.59. The minimum Gasteiger partial charge on any atom is -0.495 e. The van der Waals surface area contributed by atoms with E-state index in [4.69, 9.17) is 4.74 Å². The predicted octanol–water partition coefficient (Wildman–Crippen LogP) is 3.64. The molecule has 3 rings (SSSR count). The molecule has 29 heavy (non-hydrogen) atoms. The molecule has 1 heterocycles. The Morgan fingerprint density at radius 1 is 1.14 bits per heavy atom. The Morgan fingerprint density at radius 2 is 1.86 bits per heavy atom. The summed E-state index contributed by atoms with van der Waals surface area (Å²) in [7, 11) is -1.75. The summed E-state index contributed by atoms with van der Waals surface area (Å²) in [5, 5.41) is 11.9. The summed E-state index contributed by atoms with van der Waals surface area (Å²) in [5.41, 5.74) is 1.68. The zero-order valence-corrected chi connectivity index (χ0v) is 18.0. The molecule has 0 bridgehead atoms. The van der Waals surface area contributed by atoms with Gasteiger partial charge in [-0.2, -0.15) is 0 Å². The summed E-state index contributed by atoms with van der Waals surface area (Å²) in [6.45, 7) is 0. The van der Waals surface area contributed by atoms with E-state index >= 15 is 0 Å². The number of Topliss-reactive ketones (excluding diaryl/α,β-unsaturated/α-hetero) is 1. The van der Waals surface area contributed by atoms with Crippen molar-refractivity contribution in [1.29, 1.82) is 0 Å². The molecule has 8 nitrogen and oxygen atoms in total. The number of rotatable bonds is 9. The second-order valence-corrected chi connectivity index (χ2v) is 9.81. The molecule has 0 aliphatic heterocycles. The van der Waals surface area contributed by atoms with Crippen LogP contribution in [0.3, 0.4) is 0 Å². The number of ether oxygens (including phenoxy) is 1. The van der Waals surface area contributed by atoms with Crippen molar-refractivity contribution in [3.63, 3.8) is 0 Å². The van der Waals surface area contributed by atoms with Gasteiger partial charge in [-0.3, -0.25) is 9.52 Å². The van der Waals surface area contributed by atoms with Gasteiger partial charge in [-0.15, -0.1) is 10.2 Å². The molecule has 0 saturated heterocycles. The molecule has 0 aliphatic rings. The van der Waals surface area contributed by atoms with Gasteiger partial charge in [0.05, 0.1) is 24.8 Å². The number of ketones is 1. The highest BCUT2D eigenvalue weighted by Crippen LogP contribution is 2.31. The molecule has 0 amide bonds. The standard InChI is InChI=1S/C18H18N4O4S3/c1-26-16-6-4-3-5-14(16)19-17-20-21-18(28-17)27-11-15(23)12-7-9-13(10-8-12)22-29(2,24)25/h3-10,22H,11H2,1-2H3,(H,19,20). The van der Waals surface area contributed by atoms with Crippen molar-refractivity contribution in [2.24, 2.45) is 0 Å². The Balaban J connectivity index is 1.57. The minimum absolute atomic E-state index is 0.0876. The highest BCUT2D eigenvalue weighted by atomic mass is 32.2. The molecule has 2 N–H and O–H groups in total. The lowest BCUT2D eigenvalue weighted by Gasteiger charge is -2.07. The fraction of sp³-hybridized carbons (Fsp3) is 0.167. The number of thioether (sulfide) groups is 1. The number of para-hydroxylation sites is 2. The lowest BCUT2D eigenvalue weighted by atomic mass is 10.1. The Morgan fingerprint density at radius 3 is 2.55 bits per heavy atom. The van der Waals surface area contributed by atoms with Crippen molar-refractivity contribution in [3.05, 3.63) is 54.1 Å². The number of benzene rings is 2. The summed E-state index contributed by atoms with van der Waals surface area (Å²) in [6, 6.07) is 13.8. The number of nitrogens with one attached hydrogen (secondary N) is 2. The van der Waals surface area contributed by atoms with Crippen LogP contribution >= 0.6 is 23.1 Å². The first-order valence-electron chi connectivity index (χ1n) is 8.31. The molecular weight excluding hydrogens is 432 g/mol. The number of hydrogen-bond acceptors (Lipinski definition) is 9. The van der Waals surface area contributed by atoms with E-state index in [9.17, 15) is 13.2 Å². The maximum absolute atomic E-state index is 12.4. The Kier molecular flexibility index (Phi) is 6.72. The van der Waals surface area contributed by atoms with E-state index in [0.29, 0.717) is 26.5 Å². The average molecular weight is 451 g/mol. The van der Waals surface area contributed by atoms with Crippen LogP contribution in [0.5, 0.6) is 5.75 Å². The van der Waals surface area contributed by atoms with E-state index < -0.39 is 10.0 Å². The third kappa shape index (κ3) is 6.17. The van der Waals surface area contributed by atoms with E-state index in [0.717, 1.165) is 11.9 Å². The van der Waals surface area contributed by atoms with Gasteiger partial charge in [0.2, 0.25) is 15.2 Å². The van der Waals surface area contributed by atoms with Crippen LogP contribution in [-0.2, 0) is 10.0 Å². The number of nitrogens with zero attached hydrogens (tertiary/aromatic N) is 2. The quantitative estimate of drug-likeness (QED) is 0.376. The van der Waals surface area contributed by atoms with Crippen LogP contribution in [0.1, 0.15) is 10.4 Å². The fourth-order valence-corrected chi connectivity index (χ4v) is 4.55. The summed E-state index contributed by atoms with van der Waals surface area (Å²) in [5.74, 6) is 0.804. The van der Waals surface area contributed by atoms with Gasteiger partial charge >= 0.3 is 0 Å². The van der Waals surface area contributed by atoms with Gasteiger partial charge < -0.3 is 10.1 Å². The van der Waals surface area contributed by atoms with Gasteiger partial charge in [-0.25, -0.2) is 8.42 Å². The van der Waals surface area contributed by atoms with E-state index in [1.165, 1.54) is 23.1 Å². The van der Waals surface area contributed by atoms with Crippen LogP contribution in [0.4, 0.5) is 16.5 Å². The maximum atomic E-state index is 12.4. The van der Waals surface area contributed by atoms with E-state index in [1.807, 2.05) is 24.3 Å². The van der Waals surface area contributed by atoms with Crippen molar-refractivity contribution in [2.75, 3.05) is 29.2 Å². The van der Waals surface area contributed by atoms with Gasteiger partial charge in [-0.05, 0) is 36.4 Å².